The van der Waals surface area contributed by atoms with E-state index in [9.17, 15) is 28.6 Å². The Hall–Kier alpha value is -1.68. The van der Waals surface area contributed by atoms with E-state index in [2.05, 4.69) is 10.3 Å². The number of nitrogens with one attached hydrogen (secondary N) is 1. The van der Waals surface area contributed by atoms with Crippen molar-refractivity contribution in [3.63, 3.8) is 0 Å². The number of carbonyl (C=O) groups excluding carboxylic acids is 1. The summed E-state index contributed by atoms with van der Waals surface area (Å²) in [5, 5.41) is 18.7. The van der Waals surface area contributed by atoms with E-state index in [0.29, 0.717) is 23.8 Å². The van der Waals surface area contributed by atoms with Crippen molar-refractivity contribution < 1.29 is 28.6 Å². The Kier molecular flexibility index (Phi) is 4.52. The number of carboxylic acids is 1. The molecule has 0 aromatic carbocycles. The lowest BCUT2D eigenvalue weighted by atomic mass is 9.82. The molecule has 3 heterocycles. The number of hydrogen-bond acceptors (Lipinski definition) is 6. The fourth-order valence-electron chi connectivity index (χ4n) is 3.73. The molecule has 1 fully saturated rings. The van der Waals surface area contributed by atoms with E-state index in [1.165, 1.54) is 18.1 Å². The van der Waals surface area contributed by atoms with Gasteiger partial charge >= 0.3 is 11.2 Å². The second kappa shape index (κ2) is 6.24. The van der Waals surface area contributed by atoms with Crippen LogP contribution in [0.3, 0.4) is 0 Å². The lowest BCUT2D eigenvalue weighted by Gasteiger charge is -2.44. The zero-order chi connectivity index (χ0) is 18.5. The van der Waals surface area contributed by atoms with Crippen LogP contribution in [0.1, 0.15) is 13.3 Å². The molecule has 10 heteroatoms. The lowest BCUT2D eigenvalue weighted by molar-refractivity contribution is -0.161. The van der Waals surface area contributed by atoms with E-state index in [0.717, 1.165) is 0 Å². The van der Waals surface area contributed by atoms with Crippen LogP contribution in [0.25, 0.3) is 0 Å². The number of β-lactam (4-membered cyclic amide) rings is 1. The van der Waals surface area contributed by atoms with Crippen molar-refractivity contribution in [2.75, 3.05) is 19.3 Å². The van der Waals surface area contributed by atoms with Crippen molar-refractivity contribution in [2.24, 2.45) is 16.8 Å². The highest BCUT2D eigenvalue weighted by molar-refractivity contribution is 8.00. The van der Waals surface area contributed by atoms with Crippen LogP contribution in [-0.4, -0.2) is 69.6 Å². The number of nitrogens with zero attached hydrogens (tertiary/aromatic N) is 2. The molecule has 1 saturated heterocycles. The summed E-state index contributed by atoms with van der Waals surface area (Å²) in [7, 11) is 0. The van der Waals surface area contributed by atoms with Crippen molar-refractivity contribution in [3.8, 4) is 0 Å². The topological polar surface area (TPSA) is 102 Å². The molecule has 7 nitrogen and oxygen atoms in total. The number of aliphatic hydroxyl groups excluding tert-OH is 1. The van der Waals surface area contributed by atoms with Gasteiger partial charge in [0, 0.05) is 19.0 Å². The predicted octanol–water partition coefficient (Wildman–Crippen LogP) is 0.510. The minimum absolute atomic E-state index is 0.0404. The fourth-order valence-corrected chi connectivity index (χ4v) is 4.06. The Morgan fingerprint density at radius 3 is 2.68 bits per heavy atom. The van der Waals surface area contributed by atoms with E-state index in [4.69, 9.17) is 0 Å². The van der Waals surface area contributed by atoms with Gasteiger partial charge in [-0.15, -0.1) is 0 Å². The van der Waals surface area contributed by atoms with Crippen LogP contribution in [-0.2, 0) is 9.59 Å². The highest BCUT2D eigenvalue weighted by Crippen LogP contribution is 2.46. The molecule has 1 amide bonds. The van der Waals surface area contributed by atoms with Crippen LogP contribution in [0.2, 0.25) is 0 Å². The highest BCUT2D eigenvalue weighted by atomic mass is 32.2. The lowest BCUT2D eigenvalue weighted by Crippen LogP contribution is -2.61. The third-order valence-electron chi connectivity index (χ3n) is 4.98. The molecule has 3 aliphatic heterocycles. The molecule has 0 radical (unpaired) electrons. The number of aliphatic imine (C=N–C) groups is 1. The maximum atomic E-state index is 13.7. The Morgan fingerprint density at radius 1 is 1.52 bits per heavy atom. The molecule has 0 aromatic rings. The van der Waals surface area contributed by atoms with Crippen LogP contribution in [0.4, 0.5) is 8.78 Å². The number of amides is 1. The molecule has 4 atom stereocenters. The van der Waals surface area contributed by atoms with Gasteiger partial charge in [-0.1, -0.05) is 11.8 Å². The number of fused-ring (bicyclic) bond motifs is 1. The molecular weight excluding hydrogens is 356 g/mol. The molecule has 138 valence electrons. The minimum Gasteiger partial charge on any atom is -0.477 e. The average molecular weight is 375 g/mol. The monoisotopic (exact) mass is 375 g/mol. The van der Waals surface area contributed by atoms with E-state index in [1.54, 1.807) is 0 Å². The Bertz CT molecular complexity index is 680. The van der Waals surface area contributed by atoms with E-state index < -0.39 is 35.0 Å². The molecule has 0 saturated carbocycles. The summed E-state index contributed by atoms with van der Waals surface area (Å²) >= 11 is 0.374. The van der Waals surface area contributed by atoms with Gasteiger partial charge in [0.2, 0.25) is 5.91 Å². The smallest absolute Gasteiger partial charge is 0.352 e. The van der Waals surface area contributed by atoms with Crippen molar-refractivity contribution >= 4 is 29.5 Å². The average Bonchev–Trinajstić information content (AvgIpc) is 2.89. The Labute approximate surface area is 147 Å². The minimum atomic E-state index is -3.11. The molecule has 0 aromatic heterocycles. The van der Waals surface area contributed by atoms with Crippen molar-refractivity contribution in [1.29, 1.82) is 0 Å². The van der Waals surface area contributed by atoms with Gasteiger partial charge in [-0.25, -0.2) is 4.79 Å². The predicted molar refractivity (Wildman–Crippen MR) is 87.3 cm³/mol. The van der Waals surface area contributed by atoms with Gasteiger partial charge in [0.05, 0.1) is 18.1 Å². The largest absolute Gasteiger partial charge is 0.477 e. The first kappa shape index (κ1) is 18.1. The number of aliphatic hydroxyl groups is 1. The van der Waals surface area contributed by atoms with Crippen LogP contribution >= 0.6 is 11.8 Å². The zero-order valence-electron chi connectivity index (χ0n) is 13.7. The molecule has 0 spiro atoms. The number of aliphatic carboxylic acids is 1. The van der Waals surface area contributed by atoms with E-state index >= 15 is 0 Å². The van der Waals surface area contributed by atoms with Crippen molar-refractivity contribution in [1.82, 2.24) is 10.2 Å². The molecule has 3 aliphatic rings. The summed E-state index contributed by atoms with van der Waals surface area (Å²) in [6.07, 6.45) is 0.738. The maximum Gasteiger partial charge on any atom is 0.352 e. The maximum absolute atomic E-state index is 13.7. The van der Waals surface area contributed by atoms with Crippen molar-refractivity contribution in [2.45, 2.75) is 30.7 Å². The number of halogens is 2. The number of alkyl halides is 2. The second-order valence-electron chi connectivity index (χ2n) is 6.41. The number of hydrogen-bond donors (Lipinski definition) is 3. The van der Waals surface area contributed by atoms with E-state index in [-0.39, 0.29) is 30.7 Å². The first-order valence-corrected chi connectivity index (χ1v) is 9.10. The highest BCUT2D eigenvalue weighted by Gasteiger charge is 2.57. The summed E-state index contributed by atoms with van der Waals surface area (Å²) in [4.78, 5) is 28.9. The van der Waals surface area contributed by atoms with Crippen LogP contribution in [0, 0.1) is 11.8 Å². The van der Waals surface area contributed by atoms with Gasteiger partial charge in [-0.3, -0.25) is 9.79 Å². The normalized spacial score (nSPS) is 30.4. The summed E-state index contributed by atoms with van der Waals surface area (Å²) < 4.78 is 27.3. The molecule has 0 bridgehead atoms. The second-order valence-corrected chi connectivity index (χ2v) is 7.33. The molecule has 3 rings (SSSR count). The Balaban J connectivity index is 1.83. The third kappa shape index (κ3) is 2.80. The summed E-state index contributed by atoms with van der Waals surface area (Å²) in [6.45, 7) is 1.68. The summed E-state index contributed by atoms with van der Waals surface area (Å²) in [5.74, 6) is -3.04. The van der Waals surface area contributed by atoms with Crippen LogP contribution < -0.4 is 5.32 Å². The first-order chi connectivity index (χ1) is 11.7. The number of carbonyl (C=O) groups is 2. The fraction of sp³-hybridized carbons (Fsp3) is 0.667. The van der Waals surface area contributed by atoms with Gasteiger partial charge in [0.25, 0.3) is 0 Å². The van der Waals surface area contributed by atoms with Crippen LogP contribution in [0.15, 0.2) is 16.3 Å². The first-order valence-electron chi connectivity index (χ1n) is 7.88. The molecule has 0 aliphatic carbocycles. The molecular formula is C15H19F2N3O4S. The number of rotatable bonds is 5. The molecule has 1 unspecified atom stereocenters. The van der Waals surface area contributed by atoms with Crippen molar-refractivity contribution in [3.05, 3.63) is 11.3 Å². The zero-order valence-corrected chi connectivity index (χ0v) is 14.5. The van der Waals surface area contributed by atoms with E-state index in [1.807, 2.05) is 0 Å². The van der Waals surface area contributed by atoms with Gasteiger partial charge in [0.1, 0.15) is 5.70 Å². The Morgan fingerprint density at radius 2 is 2.20 bits per heavy atom. The number of amidine groups is 1. The standard InChI is InChI=1S/C15H19F2N3O4S/c1-6(21)10-9-3-8(11(13(23)24)20(9)12(10)22)7-4-18-14(19-5-7)15(16,17)25-2/h6-7,9-10,21H,3-5H2,1-2H3,(H,18,19)(H,23,24)/t6-,9-,10-/m1/s1. The van der Waals surface area contributed by atoms with Gasteiger partial charge in [-0.2, -0.15) is 8.78 Å². The van der Waals surface area contributed by atoms with Crippen LogP contribution in [0.5, 0.6) is 0 Å². The SMILES string of the molecule is CSC(F)(F)C1=NCC(C2=C(C(=O)O)N3C(=O)[C@H]([C@@H](C)O)[C@H]3C2)CN1. The number of thioether (sulfide) groups is 1. The quantitative estimate of drug-likeness (QED) is 0.605. The van der Waals surface area contributed by atoms with Gasteiger partial charge < -0.3 is 20.4 Å². The molecule has 3 N–H and O–H groups in total. The molecule has 25 heavy (non-hydrogen) atoms. The third-order valence-corrected chi connectivity index (χ3v) is 5.68. The van der Waals surface area contributed by atoms with Gasteiger partial charge in [-0.05, 0) is 25.2 Å². The van der Waals surface area contributed by atoms with Gasteiger partial charge in [0.15, 0.2) is 5.84 Å². The summed E-state index contributed by atoms with van der Waals surface area (Å²) in [5.41, 5.74) is 0.436. The summed E-state index contributed by atoms with van der Waals surface area (Å²) in [6, 6.07) is -0.383. The number of carboxylic acid groups (broad SMARTS) is 1.